The molecule has 1 fully saturated rings. The molecular weight excluding hydrogens is 238 g/mol. The first-order valence-corrected chi connectivity index (χ1v) is 7.22. The maximum Gasteiger partial charge on any atom is 0.327 e. The fourth-order valence-electron chi connectivity index (χ4n) is 3.35. The monoisotopic (exact) mass is 259 g/mol. The molecule has 0 aliphatic heterocycles. The summed E-state index contributed by atoms with van der Waals surface area (Å²) in [5.74, 6) is 1.57. The van der Waals surface area contributed by atoms with E-state index < -0.39 is 0 Å². The van der Waals surface area contributed by atoms with Gasteiger partial charge < -0.3 is 0 Å². The lowest BCUT2D eigenvalue weighted by Crippen LogP contribution is -2.27. The molecule has 0 atom stereocenters. The number of fused-ring (bicyclic) bond motifs is 1. The molecule has 19 heavy (non-hydrogen) atoms. The molecule has 0 unspecified atom stereocenters. The molecule has 4 heteroatoms. The van der Waals surface area contributed by atoms with E-state index in [2.05, 4.69) is 23.8 Å². The van der Waals surface area contributed by atoms with Gasteiger partial charge in [0.1, 0.15) is 0 Å². The Morgan fingerprint density at radius 1 is 1.32 bits per heavy atom. The SMILES string of the molecule is CC(C)C1CCC(n2c(=O)[nH]c3ncccc32)CC1. The third-order valence-corrected chi connectivity index (χ3v) is 4.54. The highest BCUT2D eigenvalue weighted by molar-refractivity contribution is 5.70. The number of hydrogen-bond donors (Lipinski definition) is 1. The fourth-order valence-corrected chi connectivity index (χ4v) is 3.35. The number of H-pyrrole nitrogens is 1. The number of hydrogen-bond acceptors (Lipinski definition) is 2. The summed E-state index contributed by atoms with van der Waals surface area (Å²) in [5, 5.41) is 0. The molecule has 2 aromatic heterocycles. The van der Waals surface area contributed by atoms with Crippen LogP contribution in [0, 0.1) is 11.8 Å². The van der Waals surface area contributed by atoms with Gasteiger partial charge in [-0.15, -0.1) is 0 Å². The first kappa shape index (κ1) is 12.5. The van der Waals surface area contributed by atoms with Crippen molar-refractivity contribution >= 4 is 11.2 Å². The predicted molar refractivity (Wildman–Crippen MR) is 76.2 cm³/mol. The van der Waals surface area contributed by atoms with E-state index in [1.165, 1.54) is 12.8 Å². The lowest BCUT2D eigenvalue weighted by molar-refractivity contribution is 0.226. The van der Waals surface area contributed by atoms with E-state index in [1.807, 2.05) is 16.7 Å². The van der Waals surface area contributed by atoms with Crippen LogP contribution in [-0.2, 0) is 0 Å². The topological polar surface area (TPSA) is 50.7 Å². The van der Waals surface area contributed by atoms with Gasteiger partial charge in [0.25, 0.3) is 0 Å². The van der Waals surface area contributed by atoms with Crippen LogP contribution in [0.5, 0.6) is 0 Å². The Kier molecular flexibility index (Phi) is 3.17. The van der Waals surface area contributed by atoms with E-state index in [0.717, 1.165) is 30.2 Å². The first-order valence-electron chi connectivity index (χ1n) is 7.22. The van der Waals surface area contributed by atoms with Crippen molar-refractivity contribution in [1.29, 1.82) is 0 Å². The summed E-state index contributed by atoms with van der Waals surface area (Å²) in [6.45, 7) is 4.60. The lowest BCUT2D eigenvalue weighted by atomic mass is 9.79. The summed E-state index contributed by atoms with van der Waals surface area (Å²) in [4.78, 5) is 19.2. The van der Waals surface area contributed by atoms with Crippen LogP contribution in [0.25, 0.3) is 11.2 Å². The van der Waals surface area contributed by atoms with Crippen molar-refractivity contribution in [2.45, 2.75) is 45.6 Å². The van der Waals surface area contributed by atoms with Crippen LogP contribution in [0.15, 0.2) is 23.1 Å². The Balaban J connectivity index is 1.90. The molecule has 0 amide bonds. The van der Waals surface area contributed by atoms with Gasteiger partial charge in [-0.25, -0.2) is 9.78 Å². The number of aromatic nitrogens is 3. The molecule has 0 spiro atoms. The Morgan fingerprint density at radius 3 is 2.74 bits per heavy atom. The molecule has 2 heterocycles. The van der Waals surface area contributed by atoms with Gasteiger partial charge in [-0.3, -0.25) is 9.55 Å². The van der Waals surface area contributed by atoms with E-state index >= 15 is 0 Å². The summed E-state index contributed by atoms with van der Waals surface area (Å²) in [6, 6.07) is 4.21. The molecule has 0 bridgehead atoms. The second-order valence-electron chi connectivity index (χ2n) is 5.98. The minimum atomic E-state index is -0.0123. The van der Waals surface area contributed by atoms with Gasteiger partial charge in [0, 0.05) is 12.2 Å². The highest BCUT2D eigenvalue weighted by Crippen LogP contribution is 2.36. The summed E-state index contributed by atoms with van der Waals surface area (Å²) >= 11 is 0. The molecule has 1 saturated carbocycles. The van der Waals surface area contributed by atoms with Crippen LogP contribution in [0.1, 0.15) is 45.6 Å². The number of pyridine rings is 1. The Morgan fingerprint density at radius 2 is 2.05 bits per heavy atom. The van der Waals surface area contributed by atoms with E-state index in [4.69, 9.17) is 0 Å². The summed E-state index contributed by atoms with van der Waals surface area (Å²) in [6.07, 6.45) is 6.37. The largest absolute Gasteiger partial charge is 0.327 e. The minimum absolute atomic E-state index is 0.0123. The van der Waals surface area contributed by atoms with E-state index in [9.17, 15) is 4.79 Å². The van der Waals surface area contributed by atoms with Gasteiger partial charge in [0.15, 0.2) is 5.65 Å². The van der Waals surface area contributed by atoms with Crippen molar-refractivity contribution in [2.24, 2.45) is 11.8 Å². The van der Waals surface area contributed by atoms with Crippen LogP contribution in [-0.4, -0.2) is 14.5 Å². The van der Waals surface area contributed by atoms with Crippen LogP contribution in [0.2, 0.25) is 0 Å². The average Bonchev–Trinajstić information content (AvgIpc) is 2.74. The number of rotatable bonds is 2. The molecule has 3 rings (SSSR count). The summed E-state index contributed by atoms with van der Waals surface area (Å²) in [7, 11) is 0. The van der Waals surface area contributed by atoms with Crippen molar-refractivity contribution in [1.82, 2.24) is 14.5 Å². The molecule has 0 aromatic carbocycles. The molecular formula is C15H21N3O. The van der Waals surface area contributed by atoms with E-state index in [0.29, 0.717) is 11.7 Å². The molecule has 1 aliphatic rings. The first-order chi connectivity index (χ1) is 9.16. The van der Waals surface area contributed by atoms with E-state index in [1.54, 1.807) is 6.20 Å². The quantitative estimate of drug-likeness (QED) is 0.901. The number of imidazole rings is 1. The van der Waals surface area contributed by atoms with Gasteiger partial charge in [-0.2, -0.15) is 0 Å². The molecule has 0 saturated heterocycles. The van der Waals surface area contributed by atoms with Crippen LogP contribution in [0.3, 0.4) is 0 Å². The Bertz CT molecular complexity index is 618. The van der Waals surface area contributed by atoms with Gasteiger partial charge in [-0.1, -0.05) is 13.8 Å². The highest BCUT2D eigenvalue weighted by Gasteiger charge is 2.26. The standard InChI is InChI=1S/C15H21N3O/c1-10(2)11-5-7-12(8-6-11)18-13-4-3-9-16-14(13)17-15(18)19/h3-4,9-12H,5-8H2,1-2H3,(H,16,17,19). The molecule has 1 aliphatic carbocycles. The molecule has 4 nitrogen and oxygen atoms in total. The summed E-state index contributed by atoms with van der Waals surface area (Å²) < 4.78 is 1.92. The van der Waals surface area contributed by atoms with Crippen LogP contribution >= 0.6 is 0 Å². The average molecular weight is 259 g/mol. The predicted octanol–water partition coefficient (Wildman–Crippen LogP) is 3.11. The van der Waals surface area contributed by atoms with Crippen molar-refractivity contribution in [3.63, 3.8) is 0 Å². The number of nitrogens with one attached hydrogen (secondary N) is 1. The molecule has 2 aromatic rings. The van der Waals surface area contributed by atoms with Gasteiger partial charge in [0.2, 0.25) is 0 Å². The Labute approximate surface area is 112 Å². The van der Waals surface area contributed by atoms with Crippen molar-refractivity contribution < 1.29 is 0 Å². The number of aromatic amines is 1. The summed E-state index contributed by atoms with van der Waals surface area (Å²) in [5.41, 5.74) is 1.64. The maximum atomic E-state index is 12.1. The molecule has 102 valence electrons. The van der Waals surface area contributed by atoms with Gasteiger partial charge in [0.05, 0.1) is 5.52 Å². The fraction of sp³-hybridized carbons (Fsp3) is 0.600. The van der Waals surface area contributed by atoms with Gasteiger partial charge >= 0.3 is 5.69 Å². The van der Waals surface area contributed by atoms with Crippen molar-refractivity contribution in [2.75, 3.05) is 0 Å². The van der Waals surface area contributed by atoms with Crippen LogP contribution in [0.4, 0.5) is 0 Å². The van der Waals surface area contributed by atoms with Crippen molar-refractivity contribution in [3.05, 3.63) is 28.8 Å². The Hall–Kier alpha value is -1.58. The normalized spacial score (nSPS) is 24.2. The highest BCUT2D eigenvalue weighted by atomic mass is 16.1. The lowest BCUT2D eigenvalue weighted by Gasteiger charge is -2.31. The zero-order valence-corrected chi connectivity index (χ0v) is 11.6. The zero-order valence-electron chi connectivity index (χ0n) is 11.6. The van der Waals surface area contributed by atoms with Crippen LogP contribution < -0.4 is 5.69 Å². The second-order valence-corrected chi connectivity index (χ2v) is 5.98. The van der Waals surface area contributed by atoms with Crippen molar-refractivity contribution in [3.8, 4) is 0 Å². The van der Waals surface area contributed by atoms with E-state index in [-0.39, 0.29) is 5.69 Å². The third-order valence-electron chi connectivity index (χ3n) is 4.54. The number of nitrogens with zero attached hydrogens (tertiary/aromatic N) is 2. The second kappa shape index (κ2) is 4.83. The zero-order chi connectivity index (χ0) is 13.4. The molecule has 1 N–H and O–H groups in total. The minimum Gasteiger partial charge on any atom is -0.290 e. The maximum absolute atomic E-state index is 12.1. The third kappa shape index (κ3) is 2.20. The van der Waals surface area contributed by atoms with Gasteiger partial charge in [-0.05, 0) is 49.7 Å². The molecule has 0 radical (unpaired) electrons. The smallest absolute Gasteiger partial charge is 0.290 e.